The molecule has 0 saturated carbocycles. The van der Waals surface area contributed by atoms with Crippen molar-refractivity contribution < 1.29 is 33.0 Å². The fraction of sp³-hybridized carbons (Fsp3) is 0.423. The average Bonchev–Trinajstić information content (AvgIpc) is 3.11. The van der Waals surface area contributed by atoms with Crippen LogP contribution < -0.4 is 15.4 Å². The number of hydrogen-bond donors (Lipinski definition) is 3. The molecule has 3 rings (SSSR count). The first-order chi connectivity index (χ1) is 17.2. The van der Waals surface area contributed by atoms with Crippen LogP contribution in [-0.4, -0.2) is 44.2 Å². The first kappa shape index (κ1) is 27.7. The van der Waals surface area contributed by atoms with Gasteiger partial charge in [-0.25, -0.2) is 18.6 Å². The number of pyridine rings is 1. The van der Waals surface area contributed by atoms with Gasteiger partial charge in [-0.1, -0.05) is 13.0 Å². The monoisotopic (exact) mass is 518 g/mol. The highest BCUT2D eigenvalue weighted by molar-refractivity contribution is 5.95. The summed E-state index contributed by atoms with van der Waals surface area (Å²) in [5, 5.41) is 15.8. The quantitative estimate of drug-likeness (QED) is 0.401. The lowest BCUT2D eigenvalue weighted by molar-refractivity contribution is 0.0456. The number of halogens is 2. The summed E-state index contributed by atoms with van der Waals surface area (Å²) in [5.41, 5.74) is -1.10. The van der Waals surface area contributed by atoms with Gasteiger partial charge >= 0.3 is 6.09 Å². The summed E-state index contributed by atoms with van der Waals surface area (Å²) in [6, 6.07) is 4.73. The van der Waals surface area contributed by atoms with E-state index in [0.717, 1.165) is 12.1 Å². The molecule has 11 heteroatoms. The highest BCUT2D eigenvalue weighted by Crippen LogP contribution is 2.28. The molecule has 0 spiro atoms. The summed E-state index contributed by atoms with van der Waals surface area (Å²) >= 11 is 0. The van der Waals surface area contributed by atoms with E-state index < -0.39 is 41.4 Å². The molecule has 0 radical (unpaired) electrons. The number of carbonyl (C=O) groups excluding carboxylic acids is 2. The van der Waals surface area contributed by atoms with Gasteiger partial charge < -0.3 is 25.2 Å². The number of aryl methyl sites for hydroxylation is 1. The smallest absolute Gasteiger partial charge is 0.408 e. The Hall–Kier alpha value is -3.89. The van der Waals surface area contributed by atoms with Crippen molar-refractivity contribution in [3.8, 4) is 11.5 Å². The van der Waals surface area contributed by atoms with Crippen LogP contribution in [0.3, 0.4) is 0 Å². The van der Waals surface area contributed by atoms with Crippen molar-refractivity contribution in [2.24, 2.45) is 0 Å². The number of ether oxygens (including phenoxy) is 2. The molecular formula is C26H32F2N4O5. The number of rotatable bonds is 8. The molecule has 9 nitrogen and oxygen atoms in total. The van der Waals surface area contributed by atoms with Crippen molar-refractivity contribution in [3.63, 3.8) is 0 Å². The molecule has 0 aliphatic rings. The first-order valence-electron chi connectivity index (χ1n) is 11.8. The van der Waals surface area contributed by atoms with E-state index in [9.17, 15) is 23.5 Å². The lowest BCUT2D eigenvalue weighted by atomic mass is 9.99. The Morgan fingerprint density at radius 1 is 1.16 bits per heavy atom. The summed E-state index contributed by atoms with van der Waals surface area (Å²) in [4.78, 5) is 29.8. The van der Waals surface area contributed by atoms with Crippen LogP contribution in [0.15, 0.2) is 30.5 Å². The summed E-state index contributed by atoms with van der Waals surface area (Å²) in [6.45, 7) is 10.2. The SMILES string of the molecule is CCC(C)(CNC(=O)c1c(C)nc2c(OCc3c(F)cccc3F)cc(O)cn12)NC(=O)OC(C)(C)C. The number of aromatic hydroxyl groups is 1. The van der Waals surface area contributed by atoms with E-state index in [1.54, 1.807) is 34.6 Å². The van der Waals surface area contributed by atoms with Gasteiger partial charge in [0.05, 0.1) is 23.0 Å². The molecule has 0 saturated heterocycles. The second-order valence-electron chi connectivity index (χ2n) is 10.0. The highest BCUT2D eigenvalue weighted by Gasteiger charge is 2.29. The van der Waals surface area contributed by atoms with Crippen molar-refractivity contribution in [1.82, 2.24) is 20.0 Å². The summed E-state index contributed by atoms with van der Waals surface area (Å²) in [5.74, 6) is -2.25. The Labute approximate surface area is 213 Å². The fourth-order valence-electron chi connectivity index (χ4n) is 3.58. The zero-order valence-electron chi connectivity index (χ0n) is 21.7. The van der Waals surface area contributed by atoms with Crippen molar-refractivity contribution in [3.05, 3.63) is 59.0 Å². The van der Waals surface area contributed by atoms with Crippen molar-refractivity contribution in [1.29, 1.82) is 0 Å². The number of hydrogen-bond acceptors (Lipinski definition) is 6. The largest absolute Gasteiger partial charge is 0.506 e. The Morgan fingerprint density at radius 2 is 1.81 bits per heavy atom. The van der Waals surface area contributed by atoms with Crippen LogP contribution in [0.2, 0.25) is 0 Å². The van der Waals surface area contributed by atoms with Gasteiger partial charge in [0.25, 0.3) is 5.91 Å². The van der Waals surface area contributed by atoms with Gasteiger partial charge in [0.2, 0.25) is 0 Å². The van der Waals surface area contributed by atoms with E-state index in [1.807, 2.05) is 6.92 Å². The van der Waals surface area contributed by atoms with E-state index in [4.69, 9.17) is 9.47 Å². The normalized spacial score (nSPS) is 13.2. The van der Waals surface area contributed by atoms with Crippen LogP contribution in [-0.2, 0) is 11.3 Å². The van der Waals surface area contributed by atoms with Crippen LogP contribution in [0.5, 0.6) is 11.5 Å². The third-order valence-corrected chi connectivity index (χ3v) is 5.72. The zero-order valence-corrected chi connectivity index (χ0v) is 21.7. The van der Waals surface area contributed by atoms with E-state index >= 15 is 0 Å². The molecule has 200 valence electrons. The number of carbonyl (C=O) groups is 2. The van der Waals surface area contributed by atoms with Crippen LogP contribution in [0.1, 0.15) is 62.8 Å². The average molecular weight is 519 g/mol. The molecule has 3 aromatic rings. The number of amides is 2. The predicted molar refractivity (Wildman–Crippen MR) is 133 cm³/mol. The van der Waals surface area contributed by atoms with Gasteiger partial charge in [0, 0.05) is 12.6 Å². The van der Waals surface area contributed by atoms with Gasteiger partial charge in [-0.2, -0.15) is 0 Å². The molecule has 37 heavy (non-hydrogen) atoms. The fourth-order valence-corrected chi connectivity index (χ4v) is 3.58. The third kappa shape index (κ3) is 6.66. The molecule has 1 unspecified atom stereocenters. The van der Waals surface area contributed by atoms with Crippen LogP contribution >= 0.6 is 0 Å². The molecule has 3 N–H and O–H groups in total. The minimum absolute atomic E-state index is 0.0368. The van der Waals surface area contributed by atoms with E-state index in [2.05, 4.69) is 15.6 Å². The highest BCUT2D eigenvalue weighted by atomic mass is 19.1. The lowest BCUT2D eigenvalue weighted by Crippen LogP contribution is -2.54. The van der Waals surface area contributed by atoms with Crippen molar-refractivity contribution in [2.45, 2.75) is 65.7 Å². The molecule has 2 aromatic heterocycles. The second-order valence-corrected chi connectivity index (χ2v) is 10.0. The van der Waals surface area contributed by atoms with E-state index in [0.29, 0.717) is 12.1 Å². The lowest BCUT2D eigenvalue weighted by Gasteiger charge is -2.31. The number of benzene rings is 1. The second kappa shape index (κ2) is 10.6. The Morgan fingerprint density at radius 3 is 2.41 bits per heavy atom. The number of imidazole rings is 1. The summed E-state index contributed by atoms with van der Waals surface area (Å²) in [7, 11) is 0. The predicted octanol–water partition coefficient (Wildman–Crippen LogP) is 4.63. The maximum absolute atomic E-state index is 14.0. The minimum atomic E-state index is -0.799. The van der Waals surface area contributed by atoms with Crippen molar-refractivity contribution in [2.75, 3.05) is 6.54 Å². The first-order valence-corrected chi connectivity index (χ1v) is 11.8. The molecule has 2 heterocycles. The Bertz CT molecular complexity index is 1300. The maximum atomic E-state index is 14.0. The summed E-state index contributed by atoms with van der Waals surface area (Å²) in [6.07, 6.45) is 1.19. The third-order valence-electron chi connectivity index (χ3n) is 5.72. The maximum Gasteiger partial charge on any atom is 0.408 e. The number of fused-ring (bicyclic) bond motifs is 1. The molecule has 1 atom stereocenters. The van der Waals surface area contributed by atoms with Crippen LogP contribution in [0.4, 0.5) is 13.6 Å². The van der Waals surface area contributed by atoms with Gasteiger partial charge in [0.1, 0.15) is 35.3 Å². The van der Waals surface area contributed by atoms with Crippen molar-refractivity contribution >= 4 is 17.6 Å². The number of alkyl carbamates (subject to hydrolysis) is 1. The molecule has 0 aliphatic heterocycles. The number of nitrogens with one attached hydrogen (secondary N) is 2. The van der Waals surface area contributed by atoms with Crippen LogP contribution in [0.25, 0.3) is 5.65 Å². The van der Waals surface area contributed by atoms with Gasteiger partial charge in [-0.15, -0.1) is 0 Å². The number of nitrogens with zero attached hydrogens (tertiary/aromatic N) is 2. The van der Waals surface area contributed by atoms with Gasteiger partial charge in [-0.3, -0.25) is 9.20 Å². The molecular weight excluding hydrogens is 486 g/mol. The van der Waals surface area contributed by atoms with Gasteiger partial charge in [-0.05, 0) is 53.2 Å². The molecule has 1 aromatic carbocycles. The zero-order chi connectivity index (χ0) is 27.5. The number of aromatic nitrogens is 2. The Kier molecular flexibility index (Phi) is 7.94. The van der Waals surface area contributed by atoms with Gasteiger partial charge in [0.15, 0.2) is 11.4 Å². The summed E-state index contributed by atoms with van der Waals surface area (Å²) < 4.78 is 40.3. The standard InChI is InChI=1S/C26H32F2N4O5/c1-7-26(6,31-24(35)37-25(3,4)5)14-29-23(34)21-15(2)30-22-20(11-16(33)12-32(21)22)36-13-17-18(27)9-8-10-19(17)28/h8-12,33H,7,13-14H2,1-6H3,(H,29,34)(H,31,35). The Balaban J connectivity index is 1.82. The molecule has 0 fully saturated rings. The van der Waals surface area contributed by atoms with E-state index in [-0.39, 0.29) is 34.9 Å². The molecule has 0 aliphatic carbocycles. The molecule has 2 amide bonds. The minimum Gasteiger partial charge on any atom is -0.506 e. The topological polar surface area (TPSA) is 114 Å². The van der Waals surface area contributed by atoms with Crippen LogP contribution in [0, 0.1) is 18.6 Å². The van der Waals surface area contributed by atoms with E-state index in [1.165, 1.54) is 22.7 Å². The molecule has 0 bridgehead atoms.